The second-order valence-electron chi connectivity index (χ2n) is 10.5. The Bertz CT molecular complexity index is 1580. The molecule has 0 aliphatic carbocycles. The smallest absolute Gasteiger partial charge is 0.373 e. The molecule has 2 aromatic carbocycles. The lowest BCUT2D eigenvalue weighted by atomic mass is 10.0. The van der Waals surface area contributed by atoms with E-state index in [4.69, 9.17) is 4.74 Å². The summed E-state index contributed by atoms with van der Waals surface area (Å²) >= 11 is 0.826. The average molecular weight is 611 g/mol. The van der Waals surface area contributed by atoms with Crippen LogP contribution in [0.15, 0.2) is 47.5 Å². The van der Waals surface area contributed by atoms with E-state index < -0.39 is 35.9 Å². The zero-order valence-electron chi connectivity index (χ0n) is 21.9. The highest BCUT2D eigenvalue weighted by Gasteiger charge is 2.40. The standard InChI is InChI=1S/C28H24F6N4O3S/c29-27(30,31)19-5-4-17(22(10-19)28(32,33)34)12-38-23-6-3-16(8-18(23)11-35-38)9-24-25(39)37(26(40)42-24)14-21-13-36-7-1-2-20(36)15-41-21/h3-6,8-11,20-21H,1-2,7,12-15H2/b24-9-/t20-,21+/m0/s1. The molecule has 2 amide bonds. The molecule has 3 fully saturated rings. The summed E-state index contributed by atoms with van der Waals surface area (Å²) in [5.41, 5.74) is -2.10. The van der Waals surface area contributed by atoms with E-state index in [0.29, 0.717) is 41.7 Å². The highest BCUT2D eigenvalue weighted by Crippen LogP contribution is 2.38. The zero-order valence-corrected chi connectivity index (χ0v) is 22.7. The molecule has 0 spiro atoms. The van der Waals surface area contributed by atoms with Crippen LogP contribution in [0.1, 0.15) is 35.1 Å². The van der Waals surface area contributed by atoms with Gasteiger partial charge in [-0.25, -0.2) is 0 Å². The number of thioether (sulfide) groups is 1. The van der Waals surface area contributed by atoms with Crippen LogP contribution in [0.2, 0.25) is 0 Å². The zero-order chi connectivity index (χ0) is 29.8. The molecule has 42 heavy (non-hydrogen) atoms. The van der Waals surface area contributed by atoms with E-state index in [9.17, 15) is 35.9 Å². The number of nitrogens with zero attached hydrogens (tertiary/aromatic N) is 4. The van der Waals surface area contributed by atoms with Crippen molar-refractivity contribution in [2.24, 2.45) is 0 Å². The van der Waals surface area contributed by atoms with Gasteiger partial charge in [0, 0.05) is 18.0 Å². The Hall–Kier alpha value is -3.36. The van der Waals surface area contributed by atoms with Crippen LogP contribution in [0.3, 0.4) is 0 Å². The van der Waals surface area contributed by atoms with Crippen LogP contribution in [0.5, 0.6) is 0 Å². The molecule has 222 valence electrons. The van der Waals surface area contributed by atoms with E-state index in [1.807, 2.05) is 0 Å². The SMILES string of the molecule is O=C1S/C(=C\c2ccc3c(cnn3Cc3ccc(C(F)(F)F)cc3C(F)(F)F)c2)C(=O)N1C[C@H]1CN2CCC[C@H]2CO1. The van der Waals surface area contributed by atoms with Crippen molar-refractivity contribution in [2.45, 2.75) is 43.9 Å². The van der Waals surface area contributed by atoms with Crippen molar-refractivity contribution in [3.05, 3.63) is 69.8 Å². The summed E-state index contributed by atoms with van der Waals surface area (Å²) in [6, 6.07) is 6.83. The molecular weight excluding hydrogens is 586 g/mol. The van der Waals surface area contributed by atoms with Crippen molar-refractivity contribution in [2.75, 3.05) is 26.2 Å². The summed E-state index contributed by atoms with van der Waals surface area (Å²) in [6.07, 6.45) is -4.98. The van der Waals surface area contributed by atoms with E-state index in [1.165, 1.54) is 15.8 Å². The Labute approximate surface area is 240 Å². The molecule has 7 nitrogen and oxygen atoms in total. The predicted octanol–water partition coefficient (Wildman–Crippen LogP) is 6.02. The fraction of sp³-hybridized carbons (Fsp3) is 0.393. The molecule has 2 atom stereocenters. The van der Waals surface area contributed by atoms with Gasteiger partial charge in [0.2, 0.25) is 0 Å². The van der Waals surface area contributed by atoms with E-state index in [-0.39, 0.29) is 34.4 Å². The van der Waals surface area contributed by atoms with Crippen molar-refractivity contribution >= 4 is 39.9 Å². The third-order valence-electron chi connectivity index (χ3n) is 7.75. The van der Waals surface area contributed by atoms with Gasteiger partial charge in [0.15, 0.2) is 0 Å². The summed E-state index contributed by atoms with van der Waals surface area (Å²) in [7, 11) is 0. The highest BCUT2D eigenvalue weighted by atomic mass is 32.2. The molecule has 0 unspecified atom stereocenters. The Morgan fingerprint density at radius 2 is 1.86 bits per heavy atom. The highest BCUT2D eigenvalue weighted by molar-refractivity contribution is 8.18. The number of morpholine rings is 1. The largest absolute Gasteiger partial charge is 0.416 e. The minimum absolute atomic E-state index is 0.107. The fourth-order valence-corrected chi connectivity index (χ4v) is 6.49. The lowest BCUT2D eigenvalue weighted by Gasteiger charge is -2.36. The molecule has 14 heteroatoms. The Kier molecular flexibility index (Phi) is 7.34. The predicted molar refractivity (Wildman–Crippen MR) is 142 cm³/mol. The summed E-state index contributed by atoms with van der Waals surface area (Å²) in [5, 5.41) is 4.29. The van der Waals surface area contributed by atoms with E-state index in [1.54, 1.807) is 24.3 Å². The molecular formula is C28H24F6N4O3S. The van der Waals surface area contributed by atoms with Gasteiger partial charge < -0.3 is 4.74 Å². The summed E-state index contributed by atoms with van der Waals surface area (Å²) in [5.74, 6) is -0.421. The first kappa shape index (κ1) is 28.7. The number of benzene rings is 2. The number of ether oxygens (including phenoxy) is 1. The second kappa shape index (κ2) is 10.7. The van der Waals surface area contributed by atoms with Gasteiger partial charge in [-0.05, 0) is 72.6 Å². The van der Waals surface area contributed by atoms with Crippen LogP contribution < -0.4 is 0 Å². The third kappa shape index (κ3) is 5.66. The van der Waals surface area contributed by atoms with Gasteiger partial charge in [-0.15, -0.1) is 0 Å². The van der Waals surface area contributed by atoms with E-state index in [0.717, 1.165) is 37.2 Å². The monoisotopic (exact) mass is 610 g/mol. The Morgan fingerprint density at radius 1 is 1.05 bits per heavy atom. The maximum absolute atomic E-state index is 13.6. The fourth-order valence-electron chi connectivity index (χ4n) is 5.65. The molecule has 0 saturated carbocycles. The lowest BCUT2D eigenvalue weighted by Crippen LogP contribution is -2.50. The first-order chi connectivity index (χ1) is 19.9. The van der Waals surface area contributed by atoms with Gasteiger partial charge in [-0.2, -0.15) is 31.4 Å². The van der Waals surface area contributed by atoms with Gasteiger partial charge in [-0.3, -0.25) is 24.1 Å². The van der Waals surface area contributed by atoms with Gasteiger partial charge in [0.1, 0.15) is 0 Å². The van der Waals surface area contributed by atoms with Crippen LogP contribution >= 0.6 is 11.8 Å². The quantitative estimate of drug-likeness (QED) is 0.260. The molecule has 3 aromatic rings. The summed E-state index contributed by atoms with van der Waals surface area (Å²) < 4.78 is 87.1. The third-order valence-corrected chi connectivity index (χ3v) is 8.66. The van der Waals surface area contributed by atoms with E-state index >= 15 is 0 Å². The van der Waals surface area contributed by atoms with Crippen molar-refractivity contribution < 1.29 is 40.7 Å². The average Bonchev–Trinajstić information content (AvgIpc) is 3.62. The van der Waals surface area contributed by atoms with Gasteiger partial charge in [0.05, 0.1) is 53.5 Å². The summed E-state index contributed by atoms with van der Waals surface area (Å²) in [6.45, 7) is 2.00. The van der Waals surface area contributed by atoms with Crippen molar-refractivity contribution in [1.29, 1.82) is 0 Å². The van der Waals surface area contributed by atoms with Crippen LogP contribution in [0.4, 0.5) is 31.1 Å². The normalized spacial score (nSPS) is 23.0. The molecule has 0 radical (unpaired) electrons. The van der Waals surface area contributed by atoms with Crippen LogP contribution in [0, 0.1) is 0 Å². The summed E-state index contributed by atoms with van der Waals surface area (Å²) in [4.78, 5) is 29.5. The Morgan fingerprint density at radius 3 is 2.62 bits per heavy atom. The lowest BCUT2D eigenvalue weighted by molar-refractivity contribution is -0.143. The molecule has 3 saturated heterocycles. The van der Waals surface area contributed by atoms with Crippen LogP contribution in [0.25, 0.3) is 17.0 Å². The molecule has 6 rings (SSSR count). The minimum atomic E-state index is -4.99. The van der Waals surface area contributed by atoms with Crippen LogP contribution in [-0.2, 0) is 28.4 Å². The maximum atomic E-state index is 13.6. The number of halogens is 6. The van der Waals surface area contributed by atoms with Gasteiger partial charge in [-0.1, -0.05) is 12.1 Å². The second-order valence-corrected chi connectivity index (χ2v) is 11.5. The molecule has 4 heterocycles. The van der Waals surface area contributed by atoms with Crippen molar-refractivity contribution in [1.82, 2.24) is 19.6 Å². The number of fused-ring (bicyclic) bond motifs is 2. The number of hydrogen-bond donors (Lipinski definition) is 0. The number of amides is 2. The van der Waals surface area contributed by atoms with Gasteiger partial charge >= 0.3 is 12.4 Å². The Balaban J connectivity index is 1.19. The first-order valence-electron chi connectivity index (χ1n) is 13.2. The molecule has 1 aromatic heterocycles. The van der Waals surface area contributed by atoms with Crippen molar-refractivity contribution in [3.63, 3.8) is 0 Å². The first-order valence-corrected chi connectivity index (χ1v) is 14.0. The molecule has 0 N–H and O–H groups in total. The minimum Gasteiger partial charge on any atom is -0.373 e. The molecule has 0 bridgehead atoms. The number of imide groups is 1. The molecule has 3 aliphatic heterocycles. The number of carbonyl (C=O) groups excluding carboxylic acids is 2. The number of rotatable bonds is 5. The number of carbonyl (C=O) groups is 2. The van der Waals surface area contributed by atoms with Crippen LogP contribution in [-0.4, -0.2) is 69.1 Å². The van der Waals surface area contributed by atoms with E-state index in [2.05, 4.69) is 10.00 Å². The number of alkyl halides is 6. The van der Waals surface area contributed by atoms with Crippen molar-refractivity contribution in [3.8, 4) is 0 Å². The maximum Gasteiger partial charge on any atom is 0.416 e. The number of aromatic nitrogens is 2. The number of hydrogen-bond acceptors (Lipinski definition) is 6. The van der Waals surface area contributed by atoms with Gasteiger partial charge in [0.25, 0.3) is 11.1 Å². The topological polar surface area (TPSA) is 67.7 Å². The molecule has 3 aliphatic rings.